The van der Waals surface area contributed by atoms with Crippen molar-refractivity contribution in [2.45, 2.75) is 37.5 Å². The van der Waals surface area contributed by atoms with Gasteiger partial charge in [-0.15, -0.1) is 11.8 Å². The van der Waals surface area contributed by atoms with Crippen molar-refractivity contribution in [1.82, 2.24) is 5.32 Å². The Morgan fingerprint density at radius 2 is 1.88 bits per heavy atom. The predicted octanol–water partition coefficient (Wildman–Crippen LogP) is 3.19. The molecule has 1 aliphatic carbocycles. The lowest BCUT2D eigenvalue weighted by Gasteiger charge is -2.30. The van der Waals surface area contributed by atoms with Crippen molar-refractivity contribution in [3.05, 3.63) is 35.4 Å². The third-order valence-corrected chi connectivity index (χ3v) is 5.53. The summed E-state index contributed by atoms with van der Waals surface area (Å²) in [5.74, 6) is -0.920. The maximum atomic E-state index is 14.2. The van der Waals surface area contributed by atoms with Gasteiger partial charge in [-0.2, -0.15) is 0 Å². The van der Waals surface area contributed by atoms with E-state index in [9.17, 15) is 18.4 Å². The van der Waals surface area contributed by atoms with Crippen molar-refractivity contribution in [2.24, 2.45) is 0 Å². The van der Waals surface area contributed by atoms with E-state index in [2.05, 4.69) is 10.1 Å². The van der Waals surface area contributed by atoms with E-state index in [1.165, 1.54) is 37.1 Å². The van der Waals surface area contributed by atoms with E-state index in [4.69, 9.17) is 0 Å². The first kappa shape index (κ1) is 19.7. The normalized spacial score (nSPS) is 15.8. The quantitative estimate of drug-likeness (QED) is 0.563. The highest BCUT2D eigenvalue weighted by Crippen LogP contribution is 2.42. The molecule has 0 heterocycles. The molecule has 4 nitrogen and oxygen atoms in total. The molecule has 1 aliphatic rings. The van der Waals surface area contributed by atoms with E-state index in [-0.39, 0.29) is 36.2 Å². The smallest absolute Gasteiger partial charge is 0.315 e. The second-order valence-corrected chi connectivity index (χ2v) is 7.34. The molecule has 1 aromatic rings. The zero-order chi connectivity index (χ0) is 18.3. The van der Waals surface area contributed by atoms with E-state index < -0.39 is 17.0 Å². The molecule has 1 N–H and O–H groups in total. The summed E-state index contributed by atoms with van der Waals surface area (Å²) in [6.45, 7) is 0.228. The van der Waals surface area contributed by atoms with E-state index in [0.29, 0.717) is 18.6 Å². The number of thioether (sulfide) groups is 1. The lowest BCUT2D eigenvalue weighted by atomic mass is 9.78. The monoisotopic (exact) mass is 371 g/mol. The third kappa shape index (κ3) is 5.17. The Balaban J connectivity index is 1.92. The fourth-order valence-electron chi connectivity index (χ4n) is 3.31. The van der Waals surface area contributed by atoms with E-state index in [1.54, 1.807) is 0 Å². The van der Waals surface area contributed by atoms with Crippen LogP contribution in [0.5, 0.6) is 0 Å². The molecule has 0 radical (unpaired) electrons. The van der Waals surface area contributed by atoms with Crippen LogP contribution in [0.3, 0.4) is 0 Å². The Morgan fingerprint density at radius 3 is 2.48 bits per heavy atom. The Hall–Kier alpha value is -1.63. The topological polar surface area (TPSA) is 55.4 Å². The minimum absolute atomic E-state index is 0.0906. The van der Waals surface area contributed by atoms with Crippen LogP contribution in [0, 0.1) is 11.6 Å². The van der Waals surface area contributed by atoms with E-state index in [1.807, 2.05) is 0 Å². The fourth-order valence-corrected chi connectivity index (χ4v) is 4.07. The van der Waals surface area contributed by atoms with Crippen molar-refractivity contribution >= 4 is 23.6 Å². The Bertz CT molecular complexity index is 598. The number of benzene rings is 1. The number of amides is 1. The highest BCUT2D eigenvalue weighted by molar-refractivity contribution is 7.99. The van der Waals surface area contributed by atoms with Gasteiger partial charge in [-0.05, 0) is 25.0 Å². The van der Waals surface area contributed by atoms with Crippen molar-refractivity contribution in [1.29, 1.82) is 0 Å². The molecule has 0 saturated heterocycles. The molecule has 138 valence electrons. The van der Waals surface area contributed by atoms with Gasteiger partial charge in [-0.25, -0.2) is 8.78 Å². The van der Waals surface area contributed by atoms with Crippen LogP contribution in [0.4, 0.5) is 8.78 Å². The first-order valence-corrected chi connectivity index (χ1v) is 9.50. The summed E-state index contributed by atoms with van der Waals surface area (Å²) in [5.41, 5.74) is -0.586. The highest BCUT2D eigenvalue weighted by atomic mass is 32.2. The minimum atomic E-state index is -0.676. The minimum Gasteiger partial charge on any atom is -0.468 e. The largest absolute Gasteiger partial charge is 0.468 e. The van der Waals surface area contributed by atoms with Crippen molar-refractivity contribution < 1.29 is 23.1 Å². The molecule has 0 aliphatic heterocycles. The molecule has 0 aromatic heterocycles. The summed E-state index contributed by atoms with van der Waals surface area (Å²) in [6.07, 6.45) is 3.33. The standard InChI is InChI=1S/C18H23F2NO3S/c1-24-16(23)11-25-10-7-15(22)21-12-18(8-2-3-9-18)17-13(19)5-4-6-14(17)20/h4-6H,2-3,7-12H2,1H3,(H,21,22). The van der Waals surface area contributed by atoms with Crippen LogP contribution in [-0.2, 0) is 19.7 Å². The van der Waals surface area contributed by atoms with Crippen molar-refractivity contribution in [3.8, 4) is 0 Å². The number of carbonyl (C=O) groups excluding carboxylic acids is 2. The first-order chi connectivity index (χ1) is 12.0. The molecular formula is C18H23F2NO3S. The second-order valence-electron chi connectivity index (χ2n) is 6.24. The maximum absolute atomic E-state index is 14.2. The van der Waals surface area contributed by atoms with Crippen LogP contribution >= 0.6 is 11.8 Å². The van der Waals surface area contributed by atoms with Crippen LogP contribution in [0.2, 0.25) is 0 Å². The summed E-state index contributed by atoms with van der Waals surface area (Å²) < 4.78 is 33.0. The van der Waals surface area contributed by atoms with Gasteiger partial charge in [0, 0.05) is 29.7 Å². The summed E-state index contributed by atoms with van der Waals surface area (Å²) in [7, 11) is 1.32. The molecule has 1 fully saturated rings. The van der Waals surface area contributed by atoms with Gasteiger partial charge in [0.05, 0.1) is 12.9 Å². The number of hydrogen-bond acceptors (Lipinski definition) is 4. The average molecular weight is 371 g/mol. The molecule has 1 saturated carbocycles. The molecule has 2 rings (SSSR count). The van der Waals surface area contributed by atoms with Gasteiger partial charge >= 0.3 is 5.97 Å². The molecule has 1 aromatic carbocycles. The summed E-state index contributed by atoms with van der Waals surface area (Å²) in [6, 6.07) is 3.89. The van der Waals surface area contributed by atoms with Crippen LogP contribution in [0.25, 0.3) is 0 Å². The van der Waals surface area contributed by atoms with Crippen LogP contribution in [0.1, 0.15) is 37.7 Å². The van der Waals surface area contributed by atoms with Gasteiger partial charge in [0.2, 0.25) is 5.91 Å². The Labute approximate surface area is 150 Å². The van der Waals surface area contributed by atoms with Gasteiger partial charge in [-0.1, -0.05) is 18.9 Å². The van der Waals surface area contributed by atoms with Gasteiger partial charge < -0.3 is 10.1 Å². The highest BCUT2D eigenvalue weighted by Gasteiger charge is 2.40. The lowest BCUT2D eigenvalue weighted by molar-refractivity contribution is -0.137. The van der Waals surface area contributed by atoms with Gasteiger partial charge in [0.1, 0.15) is 11.6 Å². The van der Waals surface area contributed by atoms with E-state index >= 15 is 0 Å². The third-order valence-electron chi connectivity index (χ3n) is 4.60. The number of methoxy groups -OCH3 is 1. The number of hydrogen-bond donors (Lipinski definition) is 1. The summed E-state index contributed by atoms with van der Waals surface area (Å²) in [5, 5.41) is 2.82. The molecule has 25 heavy (non-hydrogen) atoms. The number of esters is 1. The summed E-state index contributed by atoms with van der Waals surface area (Å²) in [4.78, 5) is 23.0. The molecule has 1 amide bonds. The van der Waals surface area contributed by atoms with Crippen LogP contribution in [0.15, 0.2) is 18.2 Å². The molecule has 0 unspecified atom stereocenters. The number of carbonyl (C=O) groups is 2. The van der Waals surface area contributed by atoms with Crippen LogP contribution in [-0.4, -0.2) is 37.0 Å². The zero-order valence-corrected chi connectivity index (χ0v) is 15.1. The fraction of sp³-hybridized carbons (Fsp3) is 0.556. The molecule has 0 spiro atoms. The molecule has 0 bridgehead atoms. The van der Waals surface area contributed by atoms with Crippen molar-refractivity contribution in [2.75, 3.05) is 25.2 Å². The first-order valence-electron chi connectivity index (χ1n) is 8.34. The predicted molar refractivity (Wildman–Crippen MR) is 93.5 cm³/mol. The lowest BCUT2D eigenvalue weighted by Crippen LogP contribution is -2.40. The number of rotatable bonds is 8. The Kier molecular flexibility index (Phi) is 7.23. The molecule has 0 atom stereocenters. The zero-order valence-electron chi connectivity index (χ0n) is 14.3. The Morgan fingerprint density at radius 1 is 1.24 bits per heavy atom. The van der Waals surface area contributed by atoms with Gasteiger partial charge in [0.15, 0.2) is 0 Å². The van der Waals surface area contributed by atoms with Gasteiger partial charge in [0.25, 0.3) is 0 Å². The average Bonchev–Trinajstić information content (AvgIpc) is 3.06. The van der Waals surface area contributed by atoms with Crippen LogP contribution < -0.4 is 5.32 Å². The van der Waals surface area contributed by atoms with E-state index in [0.717, 1.165) is 12.8 Å². The molecule has 7 heteroatoms. The molecular weight excluding hydrogens is 348 g/mol. The number of halogens is 2. The summed E-state index contributed by atoms with van der Waals surface area (Å²) >= 11 is 1.32. The second kappa shape index (κ2) is 9.17. The number of ether oxygens (including phenoxy) is 1. The SMILES string of the molecule is COC(=O)CSCCC(=O)NCC1(c2c(F)cccc2F)CCCC1. The maximum Gasteiger partial charge on any atom is 0.315 e. The van der Waals surface area contributed by atoms with Crippen molar-refractivity contribution in [3.63, 3.8) is 0 Å². The number of nitrogens with one attached hydrogen (secondary N) is 1. The van der Waals surface area contributed by atoms with Gasteiger partial charge in [-0.3, -0.25) is 9.59 Å².